The number of para-hydroxylation sites is 1. The summed E-state index contributed by atoms with van der Waals surface area (Å²) in [4.78, 5) is 3.41. The van der Waals surface area contributed by atoms with Crippen LogP contribution in [-0.4, -0.2) is 10.5 Å². The SMILES string of the molecule is CCC1(NCc2[nH]c3ccccc3c2Cl)CCC1. The molecule has 2 N–H and O–H groups in total. The second-order valence-electron chi connectivity index (χ2n) is 5.30. The van der Waals surface area contributed by atoms with Crippen molar-refractivity contribution < 1.29 is 0 Å². The summed E-state index contributed by atoms with van der Waals surface area (Å²) in [5.74, 6) is 0. The van der Waals surface area contributed by atoms with E-state index in [1.165, 1.54) is 25.7 Å². The summed E-state index contributed by atoms with van der Waals surface area (Å²) in [5.41, 5.74) is 2.59. The summed E-state index contributed by atoms with van der Waals surface area (Å²) < 4.78 is 0. The maximum atomic E-state index is 6.42. The highest BCUT2D eigenvalue weighted by molar-refractivity contribution is 6.36. The summed E-state index contributed by atoms with van der Waals surface area (Å²) in [7, 11) is 0. The Bertz CT molecular complexity index is 549. The van der Waals surface area contributed by atoms with Gasteiger partial charge in [-0.05, 0) is 31.7 Å². The smallest absolute Gasteiger partial charge is 0.0705 e. The summed E-state index contributed by atoms with van der Waals surface area (Å²) in [6.07, 6.45) is 5.13. The molecule has 1 aliphatic carbocycles. The molecule has 1 aromatic carbocycles. The molecule has 18 heavy (non-hydrogen) atoms. The molecule has 1 fully saturated rings. The van der Waals surface area contributed by atoms with Crippen LogP contribution in [0, 0.1) is 0 Å². The molecule has 0 atom stereocenters. The maximum absolute atomic E-state index is 6.42. The molecule has 0 unspecified atom stereocenters. The molecule has 0 amide bonds. The second-order valence-corrected chi connectivity index (χ2v) is 5.68. The average Bonchev–Trinajstić information content (AvgIpc) is 2.67. The molecule has 0 bridgehead atoms. The number of hydrogen-bond donors (Lipinski definition) is 2. The molecule has 96 valence electrons. The van der Waals surface area contributed by atoms with Crippen molar-refractivity contribution in [1.82, 2.24) is 10.3 Å². The number of hydrogen-bond acceptors (Lipinski definition) is 1. The summed E-state index contributed by atoms with van der Waals surface area (Å²) in [5, 5.41) is 5.67. The topological polar surface area (TPSA) is 27.8 Å². The Morgan fingerprint density at radius 3 is 2.72 bits per heavy atom. The van der Waals surface area contributed by atoms with Gasteiger partial charge in [0.25, 0.3) is 0 Å². The number of nitrogens with one attached hydrogen (secondary N) is 2. The van der Waals surface area contributed by atoms with Gasteiger partial charge in [-0.3, -0.25) is 0 Å². The first-order chi connectivity index (χ1) is 8.74. The third-order valence-corrected chi connectivity index (χ3v) is 4.77. The van der Waals surface area contributed by atoms with E-state index in [4.69, 9.17) is 11.6 Å². The molecule has 1 aromatic heterocycles. The number of rotatable bonds is 4. The van der Waals surface area contributed by atoms with Gasteiger partial charge in [0, 0.05) is 28.7 Å². The third-order valence-electron chi connectivity index (χ3n) is 4.34. The standard InChI is InChI=1S/C15H19ClN2/c1-2-15(8-5-9-15)17-10-13-14(16)11-6-3-4-7-12(11)18-13/h3-4,6-7,17-18H,2,5,8-10H2,1H3. The van der Waals surface area contributed by atoms with Crippen molar-refractivity contribution in [1.29, 1.82) is 0 Å². The van der Waals surface area contributed by atoms with Gasteiger partial charge >= 0.3 is 0 Å². The predicted molar refractivity (Wildman–Crippen MR) is 77.0 cm³/mol. The van der Waals surface area contributed by atoms with Crippen molar-refractivity contribution >= 4 is 22.5 Å². The lowest BCUT2D eigenvalue weighted by Crippen LogP contribution is -2.49. The molecular weight excluding hydrogens is 244 g/mol. The zero-order chi connectivity index (χ0) is 12.6. The van der Waals surface area contributed by atoms with Crippen LogP contribution in [0.5, 0.6) is 0 Å². The van der Waals surface area contributed by atoms with Crippen LogP contribution in [0.15, 0.2) is 24.3 Å². The van der Waals surface area contributed by atoms with E-state index >= 15 is 0 Å². The largest absolute Gasteiger partial charge is 0.356 e. The van der Waals surface area contributed by atoms with Gasteiger partial charge in [-0.15, -0.1) is 0 Å². The lowest BCUT2D eigenvalue weighted by atomic mass is 9.75. The van der Waals surface area contributed by atoms with Gasteiger partial charge < -0.3 is 10.3 Å². The van der Waals surface area contributed by atoms with E-state index < -0.39 is 0 Å². The fourth-order valence-electron chi connectivity index (χ4n) is 2.82. The quantitative estimate of drug-likeness (QED) is 0.847. The molecule has 1 saturated carbocycles. The average molecular weight is 263 g/mol. The van der Waals surface area contributed by atoms with E-state index in [9.17, 15) is 0 Å². The minimum Gasteiger partial charge on any atom is -0.356 e. The number of fused-ring (bicyclic) bond motifs is 1. The highest BCUT2D eigenvalue weighted by Gasteiger charge is 2.34. The van der Waals surface area contributed by atoms with Crippen LogP contribution < -0.4 is 5.32 Å². The van der Waals surface area contributed by atoms with Gasteiger partial charge in [-0.25, -0.2) is 0 Å². The number of benzene rings is 1. The Kier molecular flexibility index (Phi) is 3.08. The Balaban J connectivity index is 1.80. The van der Waals surface area contributed by atoms with Crippen molar-refractivity contribution in [3.05, 3.63) is 35.0 Å². The lowest BCUT2D eigenvalue weighted by Gasteiger charge is -2.42. The summed E-state index contributed by atoms with van der Waals surface area (Å²) >= 11 is 6.42. The maximum Gasteiger partial charge on any atom is 0.0705 e. The molecule has 2 nitrogen and oxygen atoms in total. The second kappa shape index (κ2) is 4.60. The van der Waals surface area contributed by atoms with Crippen LogP contribution in [0.25, 0.3) is 10.9 Å². The molecule has 3 rings (SSSR count). The van der Waals surface area contributed by atoms with Crippen LogP contribution in [0.1, 0.15) is 38.3 Å². The van der Waals surface area contributed by atoms with E-state index in [-0.39, 0.29) is 0 Å². The van der Waals surface area contributed by atoms with Crippen LogP contribution in [0.3, 0.4) is 0 Å². The van der Waals surface area contributed by atoms with Crippen LogP contribution in [0.2, 0.25) is 5.02 Å². The van der Waals surface area contributed by atoms with E-state index in [0.717, 1.165) is 28.2 Å². The Morgan fingerprint density at radius 2 is 2.11 bits per heavy atom. The number of H-pyrrole nitrogens is 1. The Labute approximate surface area is 113 Å². The van der Waals surface area contributed by atoms with Gasteiger partial charge in [-0.1, -0.05) is 36.7 Å². The van der Waals surface area contributed by atoms with Crippen molar-refractivity contribution in [2.45, 2.75) is 44.7 Å². The van der Waals surface area contributed by atoms with Gasteiger partial charge in [0.05, 0.1) is 5.02 Å². The molecule has 0 spiro atoms. The van der Waals surface area contributed by atoms with Gasteiger partial charge in [0.15, 0.2) is 0 Å². The molecule has 0 radical (unpaired) electrons. The van der Waals surface area contributed by atoms with E-state index in [2.05, 4.69) is 29.4 Å². The van der Waals surface area contributed by atoms with E-state index in [1.54, 1.807) is 0 Å². The molecule has 0 saturated heterocycles. The number of halogens is 1. The minimum absolute atomic E-state index is 0.362. The number of aromatic nitrogens is 1. The third kappa shape index (κ3) is 1.94. The van der Waals surface area contributed by atoms with E-state index in [0.29, 0.717) is 5.54 Å². The highest BCUT2D eigenvalue weighted by Crippen LogP contribution is 2.35. The molecule has 0 aliphatic heterocycles. The molecule has 3 heteroatoms. The molecule has 1 heterocycles. The Morgan fingerprint density at radius 1 is 1.33 bits per heavy atom. The van der Waals surface area contributed by atoms with Crippen molar-refractivity contribution in [3.63, 3.8) is 0 Å². The van der Waals surface area contributed by atoms with Crippen LogP contribution >= 0.6 is 11.6 Å². The zero-order valence-corrected chi connectivity index (χ0v) is 11.5. The molecule has 1 aliphatic rings. The molecular formula is C15H19ClN2. The summed E-state index contributed by atoms with van der Waals surface area (Å²) in [6, 6.07) is 8.20. The van der Waals surface area contributed by atoms with Crippen molar-refractivity contribution in [3.8, 4) is 0 Å². The van der Waals surface area contributed by atoms with Crippen LogP contribution in [-0.2, 0) is 6.54 Å². The predicted octanol–water partition coefficient (Wildman–Crippen LogP) is 4.24. The fourth-order valence-corrected chi connectivity index (χ4v) is 3.10. The van der Waals surface area contributed by atoms with Gasteiger partial charge in [0.1, 0.15) is 0 Å². The number of aromatic amines is 1. The van der Waals surface area contributed by atoms with Crippen molar-refractivity contribution in [2.24, 2.45) is 0 Å². The minimum atomic E-state index is 0.362. The molecule has 2 aromatic rings. The normalized spacial score (nSPS) is 17.9. The first-order valence-electron chi connectivity index (χ1n) is 6.74. The Hall–Kier alpha value is -0.990. The van der Waals surface area contributed by atoms with E-state index in [1.807, 2.05) is 12.1 Å². The van der Waals surface area contributed by atoms with Crippen LogP contribution in [0.4, 0.5) is 0 Å². The first kappa shape index (κ1) is 12.1. The summed E-state index contributed by atoms with van der Waals surface area (Å²) in [6.45, 7) is 3.10. The fraction of sp³-hybridized carbons (Fsp3) is 0.467. The lowest BCUT2D eigenvalue weighted by molar-refractivity contribution is 0.175. The monoisotopic (exact) mass is 262 g/mol. The zero-order valence-electron chi connectivity index (χ0n) is 10.7. The van der Waals surface area contributed by atoms with Crippen molar-refractivity contribution in [2.75, 3.05) is 0 Å². The van der Waals surface area contributed by atoms with Gasteiger partial charge in [0.2, 0.25) is 0 Å². The highest BCUT2D eigenvalue weighted by atomic mass is 35.5. The first-order valence-corrected chi connectivity index (χ1v) is 7.12. The van der Waals surface area contributed by atoms with Gasteiger partial charge in [-0.2, -0.15) is 0 Å².